The number of benzene rings is 3. The molecule has 1 aliphatic heterocycles. The number of aromatic nitrogens is 1. The molecule has 1 aromatic heterocycles. The molecule has 0 unspecified atom stereocenters. The van der Waals surface area contributed by atoms with Gasteiger partial charge in [-0.3, -0.25) is 0 Å². The molecule has 4 aromatic rings. The van der Waals surface area contributed by atoms with E-state index in [1.165, 1.54) is 12.1 Å². The first-order valence-corrected chi connectivity index (χ1v) is 14.9. The number of carbonyl (C=O) groups is 1. The zero-order valence-electron chi connectivity index (χ0n) is 26.8. The fourth-order valence-corrected chi connectivity index (χ4v) is 5.51. The molecule has 1 amide bonds. The molecule has 45 heavy (non-hydrogen) atoms. The van der Waals surface area contributed by atoms with Crippen LogP contribution in [0.25, 0.3) is 21.9 Å². The number of hydrogen-bond donors (Lipinski definition) is 1. The quantitative estimate of drug-likeness (QED) is 0.213. The Kier molecular flexibility index (Phi) is 9.22. The summed E-state index contributed by atoms with van der Waals surface area (Å²) in [6.07, 6.45) is 0.890. The van der Waals surface area contributed by atoms with Gasteiger partial charge in [-0.2, -0.15) is 0 Å². The van der Waals surface area contributed by atoms with Crippen molar-refractivity contribution >= 4 is 28.4 Å². The number of rotatable bonds is 8. The smallest absolute Gasteiger partial charge is 0.410 e. The number of amides is 1. The van der Waals surface area contributed by atoms with Gasteiger partial charge in [0.2, 0.25) is 5.75 Å². The Morgan fingerprint density at radius 3 is 2.11 bits per heavy atom. The van der Waals surface area contributed by atoms with Crippen LogP contribution in [0.3, 0.4) is 0 Å². The van der Waals surface area contributed by atoms with Crippen LogP contribution in [0, 0.1) is 12.7 Å². The summed E-state index contributed by atoms with van der Waals surface area (Å²) < 4.78 is 42.7. The maximum absolute atomic E-state index is 14.0. The summed E-state index contributed by atoms with van der Waals surface area (Å²) in [7, 11) is 4.69. The Balaban J connectivity index is 1.50. The van der Waals surface area contributed by atoms with Crippen molar-refractivity contribution in [1.29, 1.82) is 0 Å². The number of ether oxygens (including phenoxy) is 5. The van der Waals surface area contributed by atoms with E-state index in [1.54, 1.807) is 38.4 Å². The minimum Gasteiger partial charge on any atom is -0.493 e. The molecule has 0 bridgehead atoms. The Hall–Kier alpha value is -4.73. The van der Waals surface area contributed by atoms with Gasteiger partial charge >= 0.3 is 6.09 Å². The molecule has 1 fully saturated rings. The van der Waals surface area contributed by atoms with Crippen LogP contribution in [0.15, 0.2) is 54.6 Å². The number of aryl methyl sites for hydroxylation is 1. The number of carbonyl (C=O) groups excluding carboxylic acids is 1. The van der Waals surface area contributed by atoms with Crippen molar-refractivity contribution in [2.75, 3.05) is 39.7 Å². The van der Waals surface area contributed by atoms with Gasteiger partial charge in [0.05, 0.1) is 21.3 Å². The topological polar surface area (TPSA) is 91.4 Å². The number of halogens is 1. The van der Waals surface area contributed by atoms with Crippen molar-refractivity contribution in [2.24, 2.45) is 0 Å². The largest absolute Gasteiger partial charge is 0.493 e. The van der Waals surface area contributed by atoms with Crippen molar-refractivity contribution in [2.45, 2.75) is 52.2 Å². The SMILES string of the molecule is COc1cc(Nc2cc3c(-c4ccc(F)cc4)c(OC4CCN(C(=O)OC(C)(C)C)CC4)ccc3c(C)n2)cc(OC)c1OC. The number of likely N-dealkylation sites (tertiary alicyclic amines) is 1. The van der Waals surface area contributed by atoms with E-state index in [4.69, 9.17) is 28.7 Å². The van der Waals surface area contributed by atoms with E-state index in [1.807, 2.05) is 58.0 Å². The van der Waals surface area contributed by atoms with E-state index in [-0.39, 0.29) is 18.0 Å². The highest BCUT2D eigenvalue weighted by atomic mass is 19.1. The summed E-state index contributed by atoms with van der Waals surface area (Å²) in [5.41, 5.74) is 2.60. The Labute approximate surface area is 263 Å². The van der Waals surface area contributed by atoms with Gasteiger partial charge in [0.15, 0.2) is 11.5 Å². The molecule has 5 rings (SSSR count). The van der Waals surface area contributed by atoms with Gasteiger partial charge in [0, 0.05) is 60.4 Å². The van der Waals surface area contributed by atoms with E-state index < -0.39 is 5.60 Å². The minimum atomic E-state index is -0.550. The number of pyridine rings is 1. The average molecular weight is 618 g/mol. The molecule has 0 spiro atoms. The zero-order chi connectivity index (χ0) is 32.3. The van der Waals surface area contributed by atoms with Gasteiger partial charge in [-0.15, -0.1) is 0 Å². The highest BCUT2D eigenvalue weighted by molar-refractivity contribution is 6.02. The van der Waals surface area contributed by atoms with Crippen molar-refractivity contribution in [1.82, 2.24) is 9.88 Å². The molecule has 0 aliphatic carbocycles. The third-order valence-corrected chi connectivity index (χ3v) is 7.62. The number of anilines is 2. The predicted octanol–water partition coefficient (Wildman–Crippen LogP) is 7.90. The normalized spacial score (nSPS) is 13.8. The first-order valence-electron chi connectivity index (χ1n) is 14.9. The molecule has 9 nitrogen and oxygen atoms in total. The monoisotopic (exact) mass is 617 g/mol. The van der Waals surface area contributed by atoms with E-state index in [9.17, 15) is 9.18 Å². The van der Waals surface area contributed by atoms with Crippen molar-refractivity contribution in [3.63, 3.8) is 0 Å². The molecular weight excluding hydrogens is 577 g/mol. The van der Waals surface area contributed by atoms with Gasteiger partial charge in [0.1, 0.15) is 29.1 Å². The van der Waals surface area contributed by atoms with Crippen LogP contribution < -0.4 is 24.3 Å². The fraction of sp³-hybridized carbons (Fsp3) is 0.371. The second-order valence-corrected chi connectivity index (χ2v) is 12.0. The second kappa shape index (κ2) is 13.1. The molecule has 1 N–H and O–H groups in total. The summed E-state index contributed by atoms with van der Waals surface area (Å²) in [4.78, 5) is 19.1. The first-order chi connectivity index (χ1) is 21.5. The lowest BCUT2D eigenvalue weighted by atomic mass is 9.96. The number of methoxy groups -OCH3 is 3. The highest BCUT2D eigenvalue weighted by Crippen LogP contribution is 2.43. The molecule has 1 saturated heterocycles. The maximum atomic E-state index is 14.0. The number of hydrogen-bond acceptors (Lipinski definition) is 8. The van der Waals surface area contributed by atoms with Crippen LogP contribution in [-0.4, -0.2) is 62.1 Å². The lowest BCUT2D eigenvalue weighted by Gasteiger charge is -2.34. The van der Waals surface area contributed by atoms with Crippen molar-refractivity contribution < 1.29 is 32.9 Å². The number of piperidine rings is 1. The van der Waals surface area contributed by atoms with Gasteiger partial charge in [0.25, 0.3) is 0 Å². The Morgan fingerprint density at radius 2 is 1.53 bits per heavy atom. The molecule has 3 aromatic carbocycles. The maximum Gasteiger partial charge on any atom is 0.410 e. The van der Waals surface area contributed by atoms with Crippen LogP contribution in [0.1, 0.15) is 39.3 Å². The second-order valence-electron chi connectivity index (χ2n) is 12.0. The molecule has 10 heteroatoms. The van der Waals surface area contributed by atoms with E-state index >= 15 is 0 Å². The standard InChI is InChI=1S/C35H40FN3O6/c1-21-26-12-13-28(44-25-14-16-39(17-15-25)34(40)45-35(2,3)4)32(22-8-10-23(36)11-9-22)27(26)20-31(37-21)38-24-18-29(41-5)33(43-7)30(19-24)42-6/h8-13,18-20,25H,14-17H2,1-7H3,(H,37,38). The van der Waals surface area contributed by atoms with Gasteiger partial charge in [-0.05, 0) is 69.0 Å². The third-order valence-electron chi connectivity index (χ3n) is 7.62. The van der Waals surface area contributed by atoms with Crippen molar-refractivity contribution in [3.05, 3.63) is 66.1 Å². The van der Waals surface area contributed by atoms with E-state index in [0.29, 0.717) is 60.4 Å². The molecule has 2 heterocycles. The lowest BCUT2D eigenvalue weighted by Crippen LogP contribution is -2.44. The van der Waals surface area contributed by atoms with E-state index in [0.717, 1.165) is 27.6 Å². The zero-order valence-corrected chi connectivity index (χ0v) is 26.8. The van der Waals surface area contributed by atoms with E-state index in [2.05, 4.69) is 5.32 Å². The summed E-state index contributed by atoms with van der Waals surface area (Å²) in [5.74, 6) is 2.47. The van der Waals surface area contributed by atoms with Gasteiger partial charge in [-0.1, -0.05) is 12.1 Å². The summed E-state index contributed by atoms with van der Waals surface area (Å²) >= 11 is 0. The third kappa shape index (κ3) is 7.16. The molecule has 238 valence electrons. The van der Waals surface area contributed by atoms with Crippen molar-refractivity contribution in [3.8, 4) is 34.1 Å². The summed E-state index contributed by atoms with van der Waals surface area (Å²) in [6.45, 7) is 8.60. The van der Waals surface area contributed by atoms with Crippen LogP contribution in [-0.2, 0) is 4.74 Å². The molecule has 0 radical (unpaired) electrons. The Bertz CT molecular complexity index is 1650. The van der Waals surface area contributed by atoms with Crippen LogP contribution in [0.2, 0.25) is 0 Å². The predicted molar refractivity (Wildman–Crippen MR) is 173 cm³/mol. The highest BCUT2D eigenvalue weighted by Gasteiger charge is 2.28. The number of nitrogens with zero attached hydrogens (tertiary/aromatic N) is 2. The first kappa shape index (κ1) is 31.7. The Morgan fingerprint density at radius 1 is 0.889 bits per heavy atom. The average Bonchev–Trinajstić information content (AvgIpc) is 3.00. The van der Waals surface area contributed by atoms with Gasteiger partial charge in [-0.25, -0.2) is 14.2 Å². The number of fused-ring (bicyclic) bond motifs is 1. The van der Waals surface area contributed by atoms with Gasteiger partial charge < -0.3 is 33.9 Å². The van der Waals surface area contributed by atoms with Crippen LogP contribution >= 0.6 is 0 Å². The molecular formula is C35H40FN3O6. The minimum absolute atomic E-state index is 0.111. The lowest BCUT2D eigenvalue weighted by molar-refractivity contribution is 0.0127. The fourth-order valence-electron chi connectivity index (χ4n) is 5.51. The summed E-state index contributed by atoms with van der Waals surface area (Å²) in [6, 6.07) is 15.9. The number of nitrogens with one attached hydrogen (secondary N) is 1. The summed E-state index contributed by atoms with van der Waals surface area (Å²) in [5, 5.41) is 5.22. The molecule has 0 atom stereocenters. The molecule has 0 saturated carbocycles. The molecule has 1 aliphatic rings. The van der Waals surface area contributed by atoms with Crippen LogP contribution in [0.4, 0.5) is 20.7 Å². The van der Waals surface area contributed by atoms with Crippen LogP contribution in [0.5, 0.6) is 23.0 Å².